The van der Waals surface area contributed by atoms with Crippen molar-refractivity contribution in [1.82, 2.24) is 19.8 Å². The molecule has 0 atom stereocenters. The number of aryl methyl sites for hydroxylation is 1. The number of aromatic nitrogens is 4. The molecule has 1 N–H and O–H groups in total. The molecule has 0 aliphatic rings. The van der Waals surface area contributed by atoms with E-state index >= 15 is 0 Å². The van der Waals surface area contributed by atoms with Crippen LogP contribution in [0.15, 0.2) is 48.5 Å². The SMILES string of the molecule is COc1ccccc1-c1nnc2sc(NC(=O)COc3cccc(C)c3)nn12. The Morgan fingerprint density at radius 2 is 2.04 bits per heavy atom. The van der Waals surface area contributed by atoms with Gasteiger partial charge in [0.15, 0.2) is 12.4 Å². The van der Waals surface area contributed by atoms with E-state index in [1.165, 1.54) is 11.3 Å². The van der Waals surface area contributed by atoms with Crippen LogP contribution >= 0.6 is 11.3 Å². The number of nitrogens with zero attached hydrogens (tertiary/aromatic N) is 4. The quantitative estimate of drug-likeness (QED) is 0.539. The zero-order valence-electron chi connectivity index (χ0n) is 15.2. The fraction of sp³-hybridized carbons (Fsp3) is 0.158. The van der Waals surface area contributed by atoms with E-state index in [-0.39, 0.29) is 12.5 Å². The molecular weight excluding hydrogens is 378 g/mol. The number of rotatable bonds is 6. The number of amides is 1. The Bertz CT molecular complexity index is 1140. The van der Waals surface area contributed by atoms with Crippen LogP contribution in [0.5, 0.6) is 11.5 Å². The van der Waals surface area contributed by atoms with Crippen molar-refractivity contribution < 1.29 is 14.3 Å². The number of fused-ring (bicyclic) bond motifs is 1. The summed E-state index contributed by atoms with van der Waals surface area (Å²) in [6.07, 6.45) is 0. The highest BCUT2D eigenvalue weighted by atomic mass is 32.1. The summed E-state index contributed by atoms with van der Waals surface area (Å²) in [4.78, 5) is 12.8. The average Bonchev–Trinajstić information content (AvgIpc) is 3.26. The summed E-state index contributed by atoms with van der Waals surface area (Å²) in [5.41, 5.74) is 1.83. The monoisotopic (exact) mass is 395 g/mol. The lowest BCUT2D eigenvalue weighted by atomic mass is 10.2. The van der Waals surface area contributed by atoms with Gasteiger partial charge in [0.25, 0.3) is 5.91 Å². The number of anilines is 1. The minimum Gasteiger partial charge on any atom is -0.496 e. The second-order valence-corrected chi connectivity index (χ2v) is 6.93. The van der Waals surface area contributed by atoms with Gasteiger partial charge in [0.1, 0.15) is 11.5 Å². The van der Waals surface area contributed by atoms with E-state index in [0.717, 1.165) is 11.1 Å². The maximum Gasteiger partial charge on any atom is 0.264 e. The third-order valence-electron chi connectivity index (χ3n) is 3.94. The highest BCUT2D eigenvalue weighted by Crippen LogP contribution is 2.30. The summed E-state index contributed by atoms with van der Waals surface area (Å²) in [6, 6.07) is 15.0. The van der Waals surface area contributed by atoms with Crippen molar-refractivity contribution >= 4 is 27.3 Å². The molecule has 0 saturated heterocycles. The van der Waals surface area contributed by atoms with Gasteiger partial charge in [0.2, 0.25) is 10.1 Å². The van der Waals surface area contributed by atoms with Gasteiger partial charge < -0.3 is 9.47 Å². The number of ether oxygens (including phenoxy) is 2. The lowest BCUT2D eigenvalue weighted by Gasteiger charge is -2.06. The van der Waals surface area contributed by atoms with Crippen LogP contribution in [-0.4, -0.2) is 39.4 Å². The Balaban J connectivity index is 1.49. The number of methoxy groups -OCH3 is 1. The fourth-order valence-electron chi connectivity index (χ4n) is 2.67. The van der Waals surface area contributed by atoms with E-state index in [1.807, 2.05) is 55.5 Å². The maximum atomic E-state index is 12.2. The average molecular weight is 395 g/mol. The van der Waals surface area contributed by atoms with Crippen molar-refractivity contribution in [3.8, 4) is 22.9 Å². The number of nitrogens with one attached hydrogen (secondary N) is 1. The second kappa shape index (κ2) is 7.65. The Morgan fingerprint density at radius 1 is 1.18 bits per heavy atom. The number of carbonyl (C=O) groups excluding carboxylic acids is 1. The molecular formula is C19H17N5O3S. The Labute approximate surface area is 164 Å². The van der Waals surface area contributed by atoms with Gasteiger partial charge >= 0.3 is 0 Å². The first-order valence-electron chi connectivity index (χ1n) is 8.49. The zero-order valence-corrected chi connectivity index (χ0v) is 16.1. The predicted octanol–water partition coefficient (Wildman–Crippen LogP) is 3.19. The van der Waals surface area contributed by atoms with Crippen LogP contribution in [0, 0.1) is 6.92 Å². The summed E-state index contributed by atoms with van der Waals surface area (Å²) in [5.74, 6) is 1.55. The van der Waals surface area contributed by atoms with Crippen LogP contribution in [0.3, 0.4) is 0 Å². The summed E-state index contributed by atoms with van der Waals surface area (Å²) < 4.78 is 12.5. The van der Waals surface area contributed by atoms with Gasteiger partial charge in [-0.25, -0.2) is 0 Å². The molecule has 0 radical (unpaired) electrons. The molecule has 0 aliphatic carbocycles. The minimum atomic E-state index is -0.301. The Morgan fingerprint density at radius 3 is 2.86 bits per heavy atom. The molecule has 2 heterocycles. The van der Waals surface area contributed by atoms with Crippen molar-refractivity contribution in [3.63, 3.8) is 0 Å². The van der Waals surface area contributed by atoms with Crippen LogP contribution < -0.4 is 14.8 Å². The molecule has 8 nitrogen and oxygen atoms in total. The molecule has 9 heteroatoms. The third-order valence-corrected chi connectivity index (χ3v) is 4.76. The van der Waals surface area contributed by atoms with Crippen molar-refractivity contribution in [3.05, 3.63) is 54.1 Å². The lowest BCUT2D eigenvalue weighted by Crippen LogP contribution is -2.20. The predicted molar refractivity (Wildman–Crippen MR) is 106 cm³/mol. The van der Waals surface area contributed by atoms with E-state index < -0.39 is 0 Å². The summed E-state index contributed by atoms with van der Waals surface area (Å²) in [6.45, 7) is 1.86. The molecule has 4 rings (SSSR count). The number of hydrogen-bond acceptors (Lipinski definition) is 7. The van der Waals surface area contributed by atoms with E-state index in [0.29, 0.717) is 27.4 Å². The van der Waals surface area contributed by atoms with Crippen molar-refractivity contribution in [1.29, 1.82) is 0 Å². The van der Waals surface area contributed by atoms with E-state index in [2.05, 4.69) is 20.6 Å². The normalized spacial score (nSPS) is 10.8. The summed E-state index contributed by atoms with van der Waals surface area (Å²) >= 11 is 1.23. The van der Waals surface area contributed by atoms with E-state index in [1.54, 1.807) is 11.6 Å². The van der Waals surface area contributed by atoms with E-state index in [4.69, 9.17) is 9.47 Å². The van der Waals surface area contributed by atoms with Gasteiger partial charge in [-0.2, -0.15) is 4.52 Å². The van der Waals surface area contributed by atoms with Crippen molar-refractivity contribution in [2.45, 2.75) is 6.92 Å². The summed E-state index contributed by atoms with van der Waals surface area (Å²) in [5, 5.41) is 15.9. The Kier molecular flexibility index (Phi) is 4.90. The number of benzene rings is 2. The molecule has 28 heavy (non-hydrogen) atoms. The van der Waals surface area contributed by atoms with Gasteiger partial charge in [-0.3, -0.25) is 10.1 Å². The van der Waals surface area contributed by atoms with Crippen LogP contribution in [0.25, 0.3) is 16.3 Å². The first kappa shape index (κ1) is 17.9. The number of hydrogen-bond donors (Lipinski definition) is 1. The molecule has 142 valence electrons. The summed E-state index contributed by atoms with van der Waals surface area (Å²) in [7, 11) is 1.60. The highest BCUT2D eigenvalue weighted by molar-refractivity contribution is 7.20. The van der Waals surface area contributed by atoms with Gasteiger partial charge in [-0.15, -0.1) is 15.3 Å². The lowest BCUT2D eigenvalue weighted by molar-refractivity contribution is -0.118. The molecule has 0 aliphatic heterocycles. The van der Waals surface area contributed by atoms with Crippen LogP contribution in [-0.2, 0) is 4.79 Å². The first-order chi connectivity index (χ1) is 13.6. The molecule has 0 fully saturated rings. The van der Waals surface area contributed by atoms with Gasteiger partial charge in [0, 0.05) is 0 Å². The molecule has 0 spiro atoms. The van der Waals surface area contributed by atoms with Crippen LogP contribution in [0.1, 0.15) is 5.56 Å². The second-order valence-electron chi connectivity index (χ2n) is 5.98. The third kappa shape index (κ3) is 3.65. The highest BCUT2D eigenvalue weighted by Gasteiger charge is 2.17. The zero-order chi connectivity index (χ0) is 19.5. The standard InChI is InChI=1S/C19H17N5O3S/c1-12-6-5-7-13(10-12)27-11-16(25)20-18-23-24-17(21-22-19(24)28-18)14-8-3-4-9-15(14)26-2/h3-10H,11H2,1-2H3,(H,20,23,25). The topological polar surface area (TPSA) is 90.6 Å². The van der Waals surface area contributed by atoms with Gasteiger partial charge in [0.05, 0.1) is 12.7 Å². The first-order valence-corrected chi connectivity index (χ1v) is 9.30. The molecule has 0 unspecified atom stereocenters. The fourth-order valence-corrected chi connectivity index (χ4v) is 3.43. The molecule has 1 amide bonds. The molecule has 2 aromatic heterocycles. The largest absolute Gasteiger partial charge is 0.496 e. The maximum absolute atomic E-state index is 12.2. The number of carbonyl (C=O) groups is 1. The minimum absolute atomic E-state index is 0.108. The molecule has 4 aromatic rings. The van der Waals surface area contributed by atoms with Crippen molar-refractivity contribution in [2.24, 2.45) is 0 Å². The Hall–Kier alpha value is -3.46. The molecule has 2 aromatic carbocycles. The van der Waals surface area contributed by atoms with Crippen LogP contribution in [0.4, 0.5) is 5.13 Å². The van der Waals surface area contributed by atoms with E-state index in [9.17, 15) is 4.79 Å². The van der Waals surface area contributed by atoms with Crippen LogP contribution in [0.2, 0.25) is 0 Å². The number of para-hydroxylation sites is 1. The molecule has 0 saturated carbocycles. The molecule has 0 bridgehead atoms. The van der Waals surface area contributed by atoms with Gasteiger partial charge in [-0.05, 0) is 36.8 Å². The smallest absolute Gasteiger partial charge is 0.264 e. The van der Waals surface area contributed by atoms with Crippen molar-refractivity contribution in [2.75, 3.05) is 19.0 Å². The van der Waals surface area contributed by atoms with Gasteiger partial charge in [-0.1, -0.05) is 35.6 Å².